The van der Waals surface area contributed by atoms with Crippen LogP contribution in [0.5, 0.6) is 0 Å². The van der Waals surface area contributed by atoms with Crippen LogP contribution in [0.3, 0.4) is 0 Å². The van der Waals surface area contributed by atoms with Gasteiger partial charge in [-0.05, 0) is 51.1 Å². The van der Waals surface area contributed by atoms with E-state index >= 15 is 0 Å². The van der Waals surface area contributed by atoms with Crippen LogP contribution in [-0.4, -0.2) is 44.9 Å². The van der Waals surface area contributed by atoms with E-state index in [0.29, 0.717) is 16.3 Å². The Bertz CT molecular complexity index is 1400. The predicted octanol–water partition coefficient (Wildman–Crippen LogP) is 2.85. The van der Waals surface area contributed by atoms with Crippen LogP contribution in [0, 0.1) is 0 Å². The fourth-order valence-corrected chi connectivity index (χ4v) is 4.04. The fraction of sp³-hybridized carbons (Fsp3) is 0.429. The van der Waals surface area contributed by atoms with Crippen molar-refractivity contribution in [1.82, 2.24) is 19.6 Å². The molecule has 0 unspecified atom stereocenters. The topological polar surface area (TPSA) is 99.2 Å². The van der Waals surface area contributed by atoms with Gasteiger partial charge < -0.3 is 4.57 Å². The quantitative estimate of drug-likeness (QED) is 0.542. The van der Waals surface area contributed by atoms with Crippen LogP contribution >= 0.6 is 0 Å². The maximum absolute atomic E-state index is 13.6. The SMILES string of the molecule is Cn1ccc2c(C(=NS(=O)(=O)C(C)(C)C)c3cn(C4(C(F)F)CC4)nn3)cccc2c1=O. The summed E-state index contributed by atoms with van der Waals surface area (Å²) in [6.07, 6.45) is 0.749. The molecule has 1 fully saturated rings. The third kappa shape index (κ3) is 3.54. The van der Waals surface area contributed by atoms with Crippen molar-refractivity contribution in [3.8, 4) is 0 Å². The van der Waals surface area contributed by atoms with Gasteiger partial charge in [0.2, 0.25) is 0 Å². The van der Waals surface area contributed by atoms with Crippen LogP contribution in [0.15, 0.2) is 45.9 Å². The number of alkyl halides is 2. The van der Waals surface area contributed by atoms with Crippen LogP contribution in [0.25, 0.3) is 10.8 Å². The molecule has 4 rings (SSSR count). The van der Waals surface area contributed by atoms with Gasteiger partial charge in [-0.15, -0.1) is 5.10 Å². The minimum Gasteiger partial charge on any atom is -0.318 e. The number of pyridine rings is 1. The second kappa shape index (κ2) is 7.29. The van der Waals surface area contributed by atoms with E-state index in [1.807, 2.05) is 0 Å². The molecule has 170 valence electrons. The minimum atomic E-state index is -4.03. The van der Waals surface area contributed by atoms with Gasteiger partial charge in [0, 0.05) is 24.2 Å². The van der Waals surface area contributed by atoms with Gasteiger partial charge in [-0.2, -0.15) is 4.40 Å². The van der Waals surface area contributed by atoms with Gasteiger partial charge in [0.1, 0.15) is 16.9 Å². The largest absolute Gasteiger partial charge is 0.318 e. The summed E-state index contributed by atoms with van der Waals surface area (Å²) in [4.78, 5) is 12.6. The van der Waals surface area contributed by atoms with Gasteiger partial charge in [0.25, 0.3) is 22.0 Å². The Labute approximate surface area is 183 Å². The Morgan fingerprint density at radius 2 is 1.88 bits per heavy atom. The van der Waals surface area contributed by atoms with Crippen molar-refractivity contribution in [2.24, 2.45) is 11.4 Å². The molecule has 0 spiro atoms. The standard InChI is InChI=1S/C21H23F2N5O3S/c1-20(2,3)32(30,31)25-17(16-12-28(26-24-16)21(9-10-21)19(22)23)14-6-5-7-15-13(14)8-11-27(4)18(15)29/h5-8,11-12,19H,9-10H2,1-4H3. The first-order valence-corrected chi connectivity index (χ1v) is 11.5. The lowest BCUT2D eigenvalue weighted by molar-refractivity contribution is 0.0593. The van der Waals surface area contributed by atoms with Crippen molar-refractivity contribution in [3.63, 3.8) is 0 Å². The van der Waals surface area contributed by atoms with Gasteiger partial charge in [-0.3, -0.25) is 4.79 Å². The third-order valence-corrected chi connectivity index (χ3v) is 7.69. The molecule has 1 aliphatic carbocycles. The summed E-state index contributed by atoms with van der Waals surface area (Å²) < 4.78 is 58.4. The van der Waals surface area contributed by atoms with E-state index in [4.69, 9.17) is 0 Å². The molecule has 32 heavy (non-hydrogen) atoms. The van der Waals surface area contributed by atoms with Crippen LogP contribution in [0.1, 0.15) is 44.9 Å². The summed E-state index contributed by atoms with van der Waals surface area (Å²) in [5, 5.41) is 8.71. The molecule has 0 N–H and O–H groups in total. The molecule has 1 saturated carbocycles. The maximum atomic E-state index is 13.6. The highest BCUT2D eigenvalue weighted by atomic mass is 32.2. The van der Waals surface area contributed by atoms with E-state index in [0.717, 1.165) is 4.68 Å². The van der Waals surface area contributed by atoms with Crippen molar-refractivity contribution < 1.29 is 17.2 Å². The van der Waals surface area contributed by atoms with Crippen LogP contribution in [-0.2, 0) is 22.6 Å². The predicted molar refractivity (Wildman–Crippen MR) is 117 cm³/mol. The molecule has 2 aromatic heterocycles. The molecule has 1 aromatic carbocycles. The second-order valence-corrected chi connectivity index (χ2v) is 11.3. The molecule has 0 atom stereocenters. The van der Waals surface area contributed by atoms with E-state index in [9.17, 15) is 22.0 Å². The molecule has 11 heteroatoms. The zero-order chi connectivity index (χ0) is 23.5. The number of hydrogen-bond donors (Lipinski definition) is 0. The number of sulfonamides is 1. The van der Waals surface area contributed by atoms with E-state index in [2.05, 4.69) is 14.7 Å². The maximum Gasteiger partial charge on any atom is 0.263 e. The Kier molecular flexibility index (Phi) is 5.07. The van der Waals surface area contributed by atoms with E-state index < -0.39 is 26.7 Å². The smallest absolute Gasteiger partial charge is 0.263 e. The van der Waals surface area contributed by atoms with E-state index in [1.54, 1.807) is 37.5 Å². The zero-order valence-electron chi connectivity index (χ0n) is 18.1. The average molecular weight is 464 g/mol. The van der Waals surface area contributed by atoms with Gasteiger partial charge in [0.15, 0.2) is 0 Å². The molecule has 2 heterocycles. The lowest BCUT2D eigenvalue weighted by atomic mass is 10.0. The number of nitrogens with zero attached hydrogens (tertiary/aromatic N) is 5. The third-order valence-electron chi connectivity index (χ3n) is 5.72. The highest BCUT2D eigenvalue weighted by molar-refractivity contribution is 7.91. The Morgan fingerprint density at radius 3 is 2.47 bits per heavy atom. The fourth-order valence-electron chi connectivity index (χ4n) is 3.34. The number of benzene rings is 1. The number of hydrogen-bond acceptors (Lipinski definition) is 5. The van der Waals surface area contributed by atoms with Crippen molar-refractivity contribution >= 4 is 26.5 Å². The first kappa shape index (κ1) is 22.3. The molecule has 1 aliphatic rings. The highest BCUT2D eigenvalue weighted by Crippen LogP contribution is 2.48. The van der Waals surface area contributed by atoms with Crippen molar-refractivity contribution in [1.29, 1.82) is 0 Å². The molecule has 3 aromatic rings. The van der Waals surface area contributed by atoms with Crippen LogP contribution < -0.4 is 5.56 Å². The van der Waals surface area contributed by atoms with Gasteiger partial charge in [-0.1, -0.05) is 17.3 Å². The van der Waals surface area contributed by atoms with E-state index in [-0.39, 0.29) is 29.8 Å². The zero-order valence-corrected chi connectivity index (χ0v) is 18.9. The summed E-state index contributed by atoms with van der Waals surface area (Å²) in [7, 11) is -2.42. The average Bonchev–Trinajstić information content (AvgIpc) is 3.39. The van der Waals surface area contributed by atoms with Crippen LogP contribution in [0.4, 0.5) is 8.78 Å². The van der Waals surface area contributed by atoms with Gasteiger partial charge in [-0.25, -0.2) is 21.9 Å². The number of aromatic nitrogens is 4. The molecule has 8 nitrogen and oxygen atoms in total. The molecule has 0 bridgehead atoms. The number of halogens is 2. The number of fused-ring (bicyclic) bond motifs is 1. The second-order valence-electron chi connectivity index (χ2n) is 8.98. The summed E-state index contributed by atoms with van der Waals surface area (Å²) in [5.74, 6) is 0. The lowest BCUT2D eigenvalue weighted by Crippen LogP contribution is -2.27. The highest BCUT2D eigenvalue weighted by Gasteiger charge is 2.54. The Balaban J connectivity index is 1.98. The molecule has 0 aliphatic heterocycles. The van der Waals surface area contributed by atoms with Crippen LogP contribution in [0.2, 0.25) is 0 Å². The lowest BCUT2D eigenvalue weighted by Gasteiger charge is -2.17. The molecule has 0 saturated heterocycles. The monoisotopic (exact) mass is 463 g/mol. The molecule has 0 radical (unpaired) electrons. The Morgan fingerprint density at radius 1 is 1.19 bits per heavy atom. The summed E-state index contributed by atoms with van der Waals surface area (Å²) in [6, 6.07) is 6.54. The molecular formula is C21H23F2N5O3S. The molecular weight excluding hydrogens is 440 g/mol. The van der Waals surface area contributed by atoms with Crippen molar-refractivity contribution in [2.75, 3.05) is 0 Å². The van der Waals surface area contributed by atoms with Crippen molar-refractivity contribution in [2.45, 2.75) is 50.3 Å². The number of aryl methyl sites for hydroxylation is 1. The minimum absolute atomic E-state index is 0.0397. The number of rotatable bonds is 5. The Hall–Kier alpha value is -2.95. The molecule has 0 amide bonds. The summed E-state index contributed by atoms with van der Waals surface area (Å²) >= 11 is 0. The first-order chi connectivity index (χ1) is 14.9. The normalized spacial score (nSPS) is 16.7. The van der Waals surface area contributed by atoms with Gasteiger partial charge in [0.05, 0.1) is 10.9 Å². The first-order valence-electron chi connectivity index (χ1n) is 10.0. The summed E-state index contributed by atoms with van der Waals surface area (Å²) in [5.41, 5.74) is -1.34. The summed E-state index contributed by atoms with van der Waals surface area (Å²) in [6.45, 7) is 4.53. The van der Waals surface area contributed by atoms with Gasteiger partial charge >= 0.3 is 0 Å². The van der Waals surface area contributed by atoms with Crippen molar-refractivity contribution in [3.05, 3.63) is 58.3 Å². The van der Waals surface area contributed by atoms with E-state index in [1.165, 1.54) is 31.5 Å².